The van der Waals surface area contributed by atoms with Crippen LogP contribution < -0.4 is 11.1 Å². The van der Waals surface area contributed by atoms with Crippen LogP contribution in [-0.4, -0.2) is 40.9 Å². The average Bonchev–Trinajstić information content (AvgIpc) is 2.51. The van der Waals surface area contributed by atoms with Crippen molar-refractivity contribution in [1.29, 1.82) is 0 Å². The van der Waals surface area contributed by atoms with Crippen molar-refractivity contribution in [2.24, 2.45) is 0 Å². The number of sulfone groups is 1. The molecule has 122 valence electrons. The highest BCUT2D eigenvalue weighted by Crippen LogP contribution is 2.32. The molecule has 1 aliphatic rings. The van der Waals surface area contributed by atoms with Gasteiger partial charge in [-0.3, -0.25) is 4.98 Å². The van der Waals surface area contributed by atoms with E-state index in [1.165, 1.54) is 0 Å². The van der Waals surface area contributed by atoms with Gasteiger partial charge < -0.3 is 11.1 Å². The Morgan fingerprint density at radius 1 is 1.22 bits per heavy atom. The van der Waals surface area contributed by atoms with Crippen molar-refractivity contribution in [1.82, 2.24) is 15.0 Å². The van der Waals surface area contributed by atoms with Crippen molar-refractivity contribution in [3.8, 4) is 11.1 Å². The summed E-state index contributed by atoms with van der Waals surface area (Å²) in [5.74, 6) is 1.05. The summed E-state index contributed by atoms with van der Waals surface area (Å²) in [5.41, 5.74) is 7.14. The number of rotatable bonds is 3. The normalized spacial score (nSPS) is 17.8. The predicted molar refractivity (Wildman–Crippen MR) is 90.0 cm³/mol. The molecule has 2 aromatic rings. The van der Waals surface area contributed by atoms with E-state index in [0.717, 1.165) is 5.56 Å². The first-order chi connectivity index (χ1) is 10.9. The zero-order valence-corrected chi connectivity index (χ0v) is 13.8. The number of hydrogen-bond donors (Lipinski definition) is 2. The second-order valence-corrected chi connectivity index (χ2v) is 8.13. The Kier molecular flexibility index (Phi) is 4.36. The molecule has 3 rings (SSSR count). The summed E-state index contributed by atoms with van der Waals surface area (Å²) in [4.78, 5) is 12.2. The van der Waals surface area contributed by atoms with Crippen LogP contribution in [0.15, 0.2) is 24.7 Å². The Labute approximate surface area is 139 Å². The fourth-order valence-corrected chi connectivity index (χ4v) is 4.24. The van der Waals surface area contributed by atoms with E-state index < -0.39 is 9.84 Å². The van der Waals surface area contributed by atoms with Gasteiger partial charge in [0.2, 0.25) is 5.95 Å². The second kappa shape index (κ2) is 6.29. The molecule has 0 bridgehead atoms. The predicted octanol–water partition coefficient (Wildman–Crippen LogP) is 1.76. The third-order valence-corrected chi connectivity index (χ3v) is 5.78. The Bertz CT molecular complexity index is 814. The number of nitrogens with zero attached hydrogens (tertiary/aromatic N) is 3. The average molecular weight is 354 g/mol. The van der Waals surface area contributed by atoms with Gasteiger partial charge in [0.25, 0.3) is 0 Å². The van der Waals surface area contributed by atoms with Crippen molar-refractivity contribution in [2.45, 2.75) is 18.9 Å². The lowest BCUT2D eigenvalue weighted by molar-refractivity contribution is 0.559. The summed E-state index contributed by atoms with van der Waals surface area (Å²) in [5, 5.41) is 3.76. The third kappa shape index (κ3) is 3.70. The SMILES string of the molecule is Nc1ncc(-c2ccncc2Cl)c(NC2CCS(=O)(=O)CC2)n1. The van der Waals surface area contributed by atoms with E-state index in [9.17, 15) is 8.42 Å². The fourth-order valence-electron chi connectivity index (χ4n) is 2.52. The molecule has 0 atom stereocenters. The molecule has 0 saturated carbocycles. The summed E-state index contributed by atoms with van der Waals surface area (Å²) in [6, 6.07) is 1.79. The van der Waals surface area contributed by atoms with Gasteiger partial charge in [0.1, 0.15) is 15.7 Å². The van der Waals surface area contributed by atoms with Crippen LogP contribution in [0.25, 0.3) is 11.1 Å². The molecule has 1 saturated heterocycles. The number of aromatic nitrogens is 3. The molecular formula is C14H16ClN5O2S. The Morgan fingerprint density at radius 3 is 2.65 bits per heavy atom. The minimum atomic E-state index is -2.91. The van der Waals surface area contributed by atoms with Crippen LogP contribution in [0.2, 0.25) is 5.02 Å². The van der Waals surface area contributed by atoms with Gasteiger partial charge in [-0.25, -0.2) is 13.4 Å². The maximum absolute atomic E-state index is 11.5. The Hall–Kier alpha value is -1.93. The van der Waals surface area contributed by atoms with E-state index in [0.29, 0.717) is 29.2 Å². The van der Waals surface area contributed by atoms with Gasteiger partial charge in [-0.1, -0.05) is 11.6 Å². The Balaban J connectivity index is 1.90. The Morgan fingerprint density at radius 2 is 1.96 bits per heavy atom. The zero-order chi connectivity index (χ0) is 16.4. The standard InChI is InChI=1S/C14H16ClN5O2S/c15-12-8-17-4-1-10(12)11-7-18-14(16)20-13(11)19-9-2-5-23(21,22)6-3-9/h1,4,7-9H,2-3,5-6H2,(H3,16,18,19,20). The van der Waals surface area contributed by atoms with E-state index in [-0.39, 0.29) is 23.5 Å². The van der Waals surface area contributed by atoms with Gasteiger partial charge in [-0.15, -0.1) is 0 Å². The van der Waals surface area contributed by atoms with Crippen molar-refractivity contribution >= 4 is 33.2 Å². The first kappa shape index (κ1) is 15.9. The quantitative estimate of drug-likeness (QED) is 0.864. The van der Waals surface area contributed by atoms with E-state index in [2.05, 4.69) is 20.3 Å². The van der Waals surface area contributed by atoms with Crippen molar-refractivity contribution in [2.75, 3.05) is 22.6 Å². The van der Waals surface area contributed by atoms with Gasteiger partial charge in [-0.05, 0) is 18.9 Å². The lowest BCUT2D eigenvalue weighted by Crippen LogP contribution is -2.32. The zero-order valence-electron chi connectivity index (χ0n) is 12.2. The smallest absolute Gasteiger partial charge is 0.221 e. The molecule has 2 aromatic heterocycles. The molecule has 0 radical (unpaired) electrons. The number of halogens is 1. The van der Waals surface area contributed by atoms with Crippen LogP contribution in [-0.2, 0) is 9.84 Å². The third-order valence-electron chi connectivity index (χ3n) is 3.77. The highest BCUT2D eigenvalue weighted by atomic mass is 35.5. The topological polar surface area (TPSA) is 111 Å². The van der Waals surface area contributed by atoms with E-state index in [1.807, 2.05) is 0 Å². The molecule has 7 nitrogen and oxygen atoms in total. The fraction of sp³-hybridized carbons (Fsp3) is 0.357. The number of hydrogen-bond acceptors (Lipinski definition) is 7. The molecule has 3 N–H and O–H groups in total. The lowest BCUT2D eigenvalue weighted by atomic mass is 10.1. The highest BCUT2D eigenvalue weighted by Gasteiger charge is 2.24. The van der Waals surface area contributed by atoms with Crippen molar-refractivity contribution < 1.29 is 8.42 Å². The van der Waals surface area contributed by atoms with Gasteiger partial charge in [-0.2, -0.15) is 4.98 Å². The minimum absolute atomic E-state index is 0.0205. The molecule has 23 heavy (non-hydrogen) atoms. The second-order valence-electron chi connectivity index (χ2n) is 5.42. The summed E-state index contributed by atoms with van der Waals surface area (Å²) >= 11 is 6.19. The van der Waals surface area contributed by atoms with Gasteiger partial charge >= 0.3 is 0 Å². The van der Waals surface area contributed by atoms with Gasteiger partial charge in [0.15, 0.2) is 0 Å². The molecule has 3 heterocycles. The summed E-state index contributed by atoms with van der Waals surface area (Å²) < 4.78 is 23.1. The molecule has 9 heteroatoms. The molecular weight excluding hydrogens is 338 g/mol. The van der Waals surface area contributed by atoms with Gasteiger partial charge in [0, 0.05) is 35.8 Å². The monoisotopic (exact) mass is 353 g/mol. The lowest BCUT2D eigenvalue weighted by Gasteiger charge is -2.24. The van der Waals surface area contributed by atoms with E-state index >= 15 is 0 Å². The largest absolute Gasteiger partial charge is 0.368 e. The summed E-state index contributed by atoms with van der Waals surface area (Å²) in [7, 11) is -2.91. The van der Waals surface area contributed by atoms with E-state index in [1.54, 1.807) is 24.7 Å². The number of pyridine rings is 1. The molecule has 0 amide bonds. The van der Waals surface area contributed by atoms with E-state index in [4.69, 9.17) is 17.3 Å². The summed E-state index contributed by atoms with van der Waals surface area (Å²) in [6.45, 7) is 0. The van der Waals surface area contributed by atoms with Crippen molar-refractivity contribution in [3.63, 3.8) is 0 Å². The van der Waals surface area contributed by atoms with Crippen LogP contribution in [0.1, 0.15) is 12.8 Å². The number of anilines is 2. The van der Waals surface area contributed by atoms with Crippen molar-refractivity contribution in [3.05, 3.63) is 29.7 Å². The summed E-state index contributed by atoms with van der Waals surface area (Å²) in [6.07, 6.45) is 5.86. The number of nitrogens with two attached hydrogens (primary N) is 1. The highest BCUT2D eigenvalue weighted by molar-refractivity contribution is 7.91. The molecule has 1 fully saturated rings. The van der Waals surface area contributed by atoms with Crippen LogP contribution in [0.4, 0.5) is 11.8 Å². The van der Waals surface area contributed by atoms with Crippen LogP contribution in [0.5, 0.6) is 0 Å². The first-order valence-corrected chi connectivity index (χ1v) is 9.34. The minimum Gasteiger partial charge on any atom is -0.368 e. The number of nitrogens with one attached hydrogen (secondary N) is 1. The molecule has 1 aliphatic heterocycles. The van der Waals surface area contributed by atoms with Crippen LogP contribution in [0, 0.1) is 0 Å². The van der Waals surface area contributed by atoms with Crippen LogP contribution >= 0.6 is 11.6 Å². The molecule has 0 aromatic carbocycles. The maximum atomic E-state index is 11.5. The molecule has 0 spiro atoms. The first-order valence-electron chi connectivity index (χ1n) is 7.14. The number of nitrogen functional groups attached to an aromatic ring is 1. The van der Waals surface area contributed by atoms with Gasteiger partial charge in [0.05, 0.1) is 16.5 Å². The molecule has 0 unspecified atom stereocenters. The van der Waals surface area contributed by atoms with Crippen LogP contribution in [0.3, 0.4) is 0 Å². The molecule has 0 aliphatic carbocycles. The maximum Gasteiger partial charge on any atom is 0.221 e.